The van der Waals surface area contributed by atoms with Gasteiger partial charge in [-0.15, -0.1) is 0 Å². The van der Waals surface area contributed by atoms with E-state index in [2.05, 4.69) is 15.9 Å². The van der Waals surface area contributed by atoms with E-state index in [1.54, 1.807) is 18.2 Å². The monoisotopic (exact) mass is 272 g/mol. The number of hydrogen-bond acceptors (Lipinski definition) is 2. The quantitative estimate of drug-likeness (QED) is 0.839. The SMILES string of the molecule is O[C@@H]1C=C[C@H](Oc2cc(F)ccc2Br)C1. The van der Waals surface area contributed by atoms with Crippen LogP contribution in [0.4, 0.5) is 4.39 Å². The van der Waals surface area contributed by atoms with Crippen molar-refractivity contribution in [3.8, 4) is 5.75 Å². The fourth-order valence-corrected chi connectivity index (χ4v) is 1.81. The van der Waals surface area contributed by atoms with Gasteiger partial charge in [-0.05, 0) is 34.1 Å². The van der Waals surface area contributed by atoms with Crippen molar-refractivity contribution < 1.29 is 14.2 Å². The number of ether oxygens (including phenoxy) is 1. The zero-order valence-electron chi connectivity index (χ0n) is 7.86. The molecular weight excluding hydrogens is 263 g/mol. The minimum atomic E-state index is -0.456. The van der Waals surface area contributed by atoms with E-state index < -0.39 is 6.10 Å². The van der Waals surface area contributed by atoms with E-state index in [-0.39, 0.29) is 11.9 Å². The highest BCUT2D eigenvalue weighted by Gasteiger charge is 2.18. The van der Waals surface area contributed by atoms with Crippen molar-refractivity contribution in [2.45, 2.75) is 18.6 Å². The lowest BCUT2D eigenvalue weighted by molar-refractivity contribution is 0.164. The smallest absolute Gasteiger partial charge is 0.137 e. The van der Waals surface area contributed by atoms with Crippen LogP contribution in [0.2, 0.25) is 0 Å². The molecular formula is C11H10BrFO2. The van der Waals surface area contributed by atoms with Gasteiger partial charge in [-0.25, -0.2) is 4.39 Å². The fraction of sp³-hybridized carbons (Fsp3) is 0.273. The molecule has 0 radical (unpaired) electrons. The summed E-state index contributed by atoms with van der Waals surface area (Å²) in [6.07, 6.45) is 3.34. The zero-order chi connectivity index (χ0) is 10.8. The lowest BCUT2D eigenvalue weighted by Crippen LogP contribution is -2.14. The second-order valence-electron chi connectivity index (χ2n) is 3.42. The topological polar surface area (TPSA) is 29.5 Å². The molecule has 15 heavy (non-hydrogen) atoms. The minimum absolute atomic E-state index is 0.182. The van der Waals surface area contributed by atoms with Crippen molar-refractivity contribution in [3.05, 3.63) is 40.6 Å². The Morgan fingerprint density at radius 1 is 1.40 bits per heavy atom. The van der Waals surface area contributed by atoms with E-state index in [0.29, 0.717) is 16.6 Å². The number of benzene rings is 1. The minimum Gasteiger partial charge on any atom is -0.485 e. The van der Waals surface area contributed by atoms with Crippen molar-refractivity contribution in [2.75, 3.05) is 0 Å². The highest BCUT2D eigenvalue weighted by molar-refractivity contribution is 9.10. The maximum absolute atomic E-state index is 12.9. The van der Waals surface area contributed by atoms with Gasteiger partial charge in [0, 0.05) is 12.5 Å². The molecule has 0 spiro atoms. The molecule has 1 aliphatic rings. The first kappa shape index (κ1) is 10.6. The summed E-state index contributed by atoms with van der Waals surface area (Å²) in [5.74, 6) is 0.120. The number of aliphatic hydroxyl groups excluding tert-OH is 1. The van der Waals surface area contributed by atoms with Gasteiger partial charge in [-0.1, -0.05) is 6.08 Å². The third-order valence-corrected chi connectivity index (χ3v) is 2.85. The summed E-state index contributed by atoms with van der Waals surface area (Å²) in [5.41, 5.74) is 0. The Morgan fingerprint density at radius 3 is 2.87 bits per heavy atom. The average molecular weight is 273 g/mol. The van der Waals surface area contributed by atoms with Crippen LogP contribution >= 0.6 is 15.9 Å². The van der Waals surface area contributed by atoms with E-state index in [1.807, 2.05) is 0 Å². The lowest BCUT2D eigenvalue weighted by Gasteiger charge is -2.13. The highest BCUT2D eigenvalue weighted by Crippen LogP contribution is 2.28. The second kappa shape index (κ2) is 4.33. The van der Waals surface area contributed by atoms with Crippen LogP contribution in [0.15, 0.2) is 34.8 Å². The van der Waals surface area contributed by atoms with E-state index in [0.717, 1.165) is 0 Å². The third-order valence-electron chi connectivity index (χ3n) is 2.19. The molecule has 0 bridgehead atoms. The van der Waals surface area contributed by atoms with Gasteiger partial charge in [-0.3, -0.25) is 0 Å². The number of halogens is 2. The number of aliphatic hydroxyl groups is 1. The molecule has 0 aromatic heterocycles. The summed E-state index contributed by atoms with van der Waals surface area (Å²) in [7, 11) is 0. The molecule has 1 aromatic carbocycles. The highest BCUT2D eigenvalue weighted by atomic mass is 79.9. The van der Waals surface area contributed by atoms with Gasteiger partial charge < -0.3 is 9.84 Å². The van der Waals surface area contributed by atoms with E-state index in [1.165, 1.54) is 12.1 Å². The third kappa shape index (κ3) is 2.58. The van der Waals surface area contributed by atoms with Crippen LogP contribution in [0.3, 0.4) is 0 Å². The summed E-state index contributed by atoms with van der Waals surface area (Å²) in [6.45, 7) is 0. The molecule has 1 aromatic rings. The standard InChI is InChI=1S/C11H10BrFO2/c12-10-4-1-7(13)5-11(10)15-9-3-2-8(14)6-9/h1-5,8-9,14H,6H2/t8-,9+/m1/s1. The van der Waals surface area contributed by atoms with Crippen molar-refractivity contribution in [3.63, 3.8) is 0 Å². The molecule has 4 heteroatoms. The van der Waals surface area contributed by atoms with Gasteiger partial charge in [0.2, 0.25) is 0 Å². The Kier molecular flexibility index (Phi) is 3.07. The summed E-state index contributed by atoms with van der Waals surface area (Å²) in [4.78, 5) is 0. The first-order valence-corrected chi connectivity index (χ1v) is 5.42. The normalized spacial score (nSPS) is 24.5. The molecule has 0 saturated carbocycles. The number of rotatable bonds is 2. The average Bonchev–Trinajstić information content (AvgIpc) is 2.58. The van der Waals surface area contributed by atoms with Gasteiger partial charge in [0.25, 0.3) is 0 Å². The van der Waals surface area contributed by atoms with Gasteiger partial charge in [0.05, 0.1) is 10.6 Å². The van der Waals surface area contributed by atoms with Crippen molar-refractivity contribution in [2.24, 2.45) is 0 Å². The van der Waals surface area contributed by atoms with Crippen LogP contribution < -0.4 is 4.74 Å². The van der Waals surface area contributed by atoms with Crippen LogP contribution in [-0.4, -0.2) is 17.3 Å². The molecule has 0 aliphatic heterocycles. The Balaban J connectivity index is 2.11. The summed E-state index contributed by atoms with van der Waals surface area (Å²) in [6, 6.07) is 4.28. The Morgan fingerprint density at radius 2 is 2.20 bits per heavy atom. The van der Waals surface area contributed by atoms with Crippen molar-refractivity contribution in [1.29, 1.82) is 0 Å². The molecule has 1 aliphatic carbocycles. The van der Waals surface area contributed by atoms with Crippen LogP contribution in [0.5, 0.6) is 5.75 Å². The van der Waals surface area contributed by atoms with Crippen LogP contribution in [0.25, 0.3) is 0 Å². The predicted octanol–water partition coefficient (Wildman–Crippen LogP) is 2.66. The van der Waals surface area contributed by atoms with Crippen LogP contribution in [0.1, 0.15) is 6.42 Å². The van der Waals surface area contributed by atoms with Crippen LogP contribution in [-0.2, 0) is 0 Å². The molecule has 0 heterocycles. The van der Waals surface area contributed by atoms with Gasteiger partial charge in [0.15, 0.2) is 0 Å². The van der Waals surface area contributed by atoms with Gasteiger partial charge >= 0.3 is 0 Å². The summed E-state index contributed by atoms with van der Waals surface area (Å²) in [5, 5.41) is 9.25. The fourth-order valence-electron chi connectivity index (χ4n) is 1.47. The largest absolute Gasteiger partial charge is 0.485 e. The molecule has 80 valence electrons. The zero-order valence-corrected chi connectivity index (χ0v) is 9.45. The second-order valence-corrected chi connectivity index (χ2v) is 4.27. The van der Waals surface area contributed by atoms with E-state index in [4.69, 9.17) is 4.74 Å². The molecule has 2 atom stereocenters. The summed E-state index contributed by atoms with van der Waals surface area (Å²) < 4.78 is 19.2. The molecule has 0 fully saturated rings. The molecule has 0 saturated heterocycles. The van der Waals surface area contributed by atoms with Crippen molar-refractivity contribution in [1.82, 2.24) is 0 Å². The molecule has 2 rings (SSSR count). The van der Waals surface area contributed by atoms with E-state index in [9.17, 15) is 9.50 Å². The Labute approximate surface area is 95.5 Å². The molecule has 2 nitrogen and oxygen atoms in total. The number of hydrogen-bond donors (Lipinski definition) is 1. The van der Waals surface area contributed by atoms with E-state index >= 15 is 0 Å². The first-order chi connectivity index (χ1) is 7.15. The molecule has 1 N–H and O–H groups in total. The van der Waals surface area contributed by atoms with Gasteiger partial charge in [-0.2, -0.15) is 0 Å². The molecule has 0 amide bonds. The van der Waals surface area contributed by atoms with Gasteiger partial charge in [0.1, 0.15) is 17.7 Å². The predicted molar refractivity (Wildman–Crippen MR) is 58.3 cm³/mol. The molecule has 0 unspecified atom stereocenters. The summed E-state index contributed by atoms with van der Waals surface area (Å²) >= 11 is 3.27. The lowest BCUT2D eigenvalue weighted by atomic mass is 10.2. The Hall–Kier alpha value is -0.870. The van der Waals surface area contributed by atoms with Crippen LogP contribution in [0, 0.1) is 5.82 Å². The first-order valence-electron chi connectivity index (χ1n) is 4.63. The van der Waals surface area contributed by atoms with Crippen molar-refractivity contribution >= 4 is 15.9 Å². The Bertz CT molecular complexity index is 392. The maximum atomic E-state index is 12.9. The maximum Gasteiger partial charge on any atom is 0.137 e.